The van der Waals surface area contributed by atoms with Crippen LogP contribution in [0.2, 0.25) is 0 Å². The van der Waals surface area contributed by atoms with Gasteiger partial charge >= 0.3 is 5.97 Å². The average molecular weight is 315 g/mol. The molecule has 98 valence electrons. The molecule has 4 nitrogen and oxygen atoms in total. The number of hydrogen-bond acceptors (Lipinski definition) is 4. The highest BCUT2D eigenvalue weighted by molar-refractivity contribution is 9.10. The van der Waals surface area contributed by atoms with Gasteiger partial charge in [-0.25, -0.2) is 4.79 Å². The summed E-state index contributed by atoms with van der Waals surface area (Å²) in [4.78, 5) is 11.4. The fourth-order valence-electron chi connectivity index (χ4n) is 1.60. The van der Waals surface area contributed by atoms with Gasteiger partial charge in [-0.15, -0.1) is 0 Å². The van der Waals surface area contributed by atoms with Crippen molar-refractivity contribution in [1.29, 1.82) is 0 Å². The van der Waals surface area contributed by atoms with Crippen molar-refractivity contribution in [2.75, 3.05) is 13.7 Å². The smallest absolute Gasteiger partial charge is 0.339 e. The summed E-state index contributed by atoms with van der Waals surface area (Å²) < 4.78 is 11.0. The molecule has 1 aromatic rings. The van der Waals surface area contributed by atoms with Crippen LogP contribution in [-0.4, -0.2) is 24.8 Å². The van der Waals surface area contributed by atoms with Crippen molar-refractivity contribution >= 4 is 21.9 Å². The zero-order valence-electron chi connectivity index (χ0n) is 10.1. The first-order chi connectivity index (χ1) is 8.61. The number of ether oxygens (including phenoxy) is 2. The first-order valence-corrected chi connectivity index (χ1v) is 6.59. The van der Waals surface area contributed by atoms with Crippen molar-refractivity contribution < 1.29 is 19.4 Å². The Labute approximate surface area is 114 Å². The minimum absolute atomic E-state index is 0.428. The molecule has 5 heteroatoms. The lowest BCUT2D eigenvalue weighted by atomic mass is 10.1. The Balaban J connectivity index is 2.18. The van der Waals surface area contributed by atoms with Gasteiger partial charge in [0.2, 0.25) is 0 Å². The highest BCUT2D eigenvalue weighted by Gasteiger charge is 2.25. The Morgan fingerprint density at radius 2 is 2.28 bits per heavy atom. The molecular formula is C13H15BrO4. The zero-order valence-corrected chi connectivity index (χ0v) is 11.6. The molecule has 1 unspecified atom stereocenters. The molecule has 0 amide bonds. The summed E-state index contributed by atoms with van der Waals surface area (Å²) >= 11 is 3.31. The van der Waals surface area contributed by atoms with Crippen molar-refractivity contribution in [2.45, 2.75) is 18.9 Å². The fraction of sp³-hybridized carbons (Fsp3) is 0.462. The van der Waals surface area contributed by atoms with Gasteiger partial charge in [0.15, 0.2) is 6.10 Å². The quantitative estimate of drug-likeness (QED) is 0.848. The molecule has 0 aliphatic heterocycles. The highest BCUT2D eigenvalue weighted by Crippen LogP contribution is 2.33. The van der Waals surface area contributed by atoms with E-state index in [0.717, 1.165) is 4.47 Å². The van der Waals surface area contributed by atoms with E-state index in [1.54, 1.807) is 12.1 Å². The van der Waals surface area contributed by atoms with E-state index in [1.165, 1.54) is 20.0 Å². The molecule has 1 fully saturated rings. The van der Waals surface area contributed by atoms with Crippen LogP contribution in [0.25, 0.3) is 0 Å². The third-order valence-corrected chi connectivity index (χ3v) is 3.36. The third-order valence-electron chi connectivity index (χ3n) is 2.86. The van der Waals surface area contributed by atoms with Gasteiger partial charge in [-0.05, 0) is 37.0 Å². The number of esters is 1. The van der Waals surface area contributed by atoms with Gasteiger partial charge in [-0.2, -0.15) is 0 Å². The van der Waals surface area contributed by atoms with Crippen molar-refractivity contribution in [1.82, 2.24) is 0 Å². The Kier molecular flexibility index (Phi) is 4.24. The molecule has 0 bridgehead atoms. The number of carbonyl (C=O) groups is 1. The summed E-state index contributed by atoms with van der Waals surface area (Å²) in [7, 11) is 1.24. The SMILES string of the molecule is COC(=O)C(O)c1cc(Br)ccc1OCC1CC1. The van der Waals surface area contributed by atoms with Crippen LogP contribution in [0.3, 0.4) is 0 Å². The molecule has 0 saturated heterocycles. The summed E-state index contributed by atoms with van der Waals surface area (Å²) in [6.07, 6.45) is 1.05. The number of halogens is 1. The van der Waals surface area contributed by atoms with Gasteiger partial charge in [0, 0.05) is 10.0 Å². The van der Waals surface area contributed by atoms with Gasteiger partial charge in [0.05, 0.1) is 13.7 Å². The number of hydrogen-bond donors (Lipinski definition) is 1. The van der Waals surface area contributed by atoms with Crippen molar-refractivity contribution in [3.63, 3.8) is 0 Å². The molecule has 0 heterocycles. The molecule has 0 spiro atoms. The van der Waals surface area contributed by atoms with Crippen molar-refractivity contribution in [3.8, 4) is 5.75 Å². The second-order valence-corrected chi connectivity index (χ2v) is 5.28. The largest absolute Gasteiger partial charge is 0.493 e. The fourth-order valence-corrected chi connectivity index (χ4v) is 1.97. The Bertz CT molecular complexity index is 443. The molecule has 1 atom stereocenters. The summed E-state index contributed by atoms with van der Waals surface area (Å²) in [5.41, 5.74) is 0.428. The van der Waals surface area contributed by atoms with E-state index in [-0.39, 0.29) is 0 Å². The predicted molar refractivity (Wildman–Crippen MR) is 69.3 cm³/mol. The molecule has 0 aromatic heterocycles. The lowest BCUT2D eigenvalue weighted by molar-refractivity contribution is -0.150. The van der Waals surface area contributed by atoms with E-state index in [1.807, 2.05) is 6.07 Å². The number of rotatable bonds is 5. The van der Waals surface area contributed by atoms with Crippen molar-refractivity contribution in [3.05, 3.63) is 28.2 Å². The zero-order chi connectivity index (χ0) is 13.1. The summed E-state index contributed by atoms with van der Waals surface area (Å²) in [5, 5.41) is 9.90. The summed E-state index contributed by atoms with van der Waals surface area (Å²) in [5.74, 6) is 0.448. The maximum absolute atomic E-state index is 11.4. The first kappa shape index (κ1) is 13.4. The first-order valence-electron chi connectivity index (χ1n) is 5.80. The molecule has 1 saturated carbocycles. The van der Waals surface area contributed by atoms with Gasteiger partial charge in [0.25, 0.3) is 0 Å². The minimum Gasteiger partial charge on any atom is -0.493 e. The minimum atomic E-state index is -1.32. The second kappa shape index (κ2) is 5.71. The molecule has 0 radical (unpaired) electrons. The molecule has 18 heavy (non-hydrogen) atoms. The van der Waals surface area contributed by atoms with Gasteiger partial charge in [-0.1, -0.05) is 15.9 Å². The molecule has 1 N–H and O–H groups in total. The Morgan fingerprint density at radius 1 is 1.56 bits per heavy atom. The Hall–Kier alpha value is -1.07. The normalized spacial score (nSPS) is 16.2. The number of aliphatic hydroxyl groups is 1. The van der Waals surface area contributed by atoms with Gasteiger partial charge in [0.1, 0.15) is 5.75 Å². The van der Waals surface area contributed by atoms with Crippen LogP contribution in [0.4, 0.5) is 0 Å². The standard InChI is InChI=1S/C13H15BrO4/c1-17-13(16)12(15)10-6-9(14)4-5-11(10)18-7-8-2-3-8/h4-6,8,12,15H,2-3,7H2,1H3. The van der Waals surface area contributed by atoms with Crippen LogP contribution in [-0.2, 0) is 9.53 Å². The van der Waals surface area contributed by atoms with Crippen LogP contribution in [0.15, 0.2) is 22.7 Å². The van der Waals surface area contributed by atoms with E-state index in [9.17, 15) is 9.90 Å². The number of carbonyl (C=O) groups excluding carboxylic acids is 1. The maximum atomic E-state index is 11.4. The van der Waals surface area contributed by atoms with Gasteiger partial charge in [-0.3, -0.25) is 0 Å². The molecular weight excluding hydrogens is 300 g/mol. The van der Waals surface area contributed by atoms with E-state index < -0.39 is 12.1 Å². The van der Waals surface area contributed by atoms with Crippen LogP contribution < -0.4 is 4.74 Å². The molecule has 1 aromatic carbocycles. The van der Waals surface area contributed by atoms with Crippen LogP contribution in [0, 0.1) is 5.92 Å². The highest BCUT2D eigenvalue weighted by atomic mass is 79.9. The number of benzene rings is 1. The maximum Gasteiger partial charge on any atom is 0.339 e. The van der Waals surface area contributed by atoms with E-state index >= 15 is 0 Å². The van der Waals surface area contributed by atoms with Gasteiger partial charge < -0.3 is 14.6 Å². The lowest BCUT2D eigenvalue weighted by Crippen LogP contribution is -2.15. The van der Waals surface area contributed by atoms with Crippen LogP contribution in [0.1, 0.15) is 24.5 Å². The second-order valence-electron chi connectivity index (χ2n) is 4.36. The number of methoxy groups -OCH3 is 1. The topological polar surface area (TPSA) is 55.8 Å². The van der Waals surface area contributed by atoms with E-state index in [2.05, 4.69) is 20.7 Å². The van der Waals surface area contributed by atoms with E-state index in [4.69, 9.17) is 4.74 Å². The van der Waals surface area contributed by atoms with E-state index in [0.29, 0.717) is 23.8 Å². The predicted octanol–water partition coefficient (Wildman–Crippen LogP) is 2.44. The number of aliphatic hydroxyl groups excluding tert-OH is 1. The monoisotopic (exact) mass is 314 g/mol. The molecule has 1 aliphatic rings. The third kappa shape index (κ3) is 3.23. The van der Waals surface area contributed by atoms with Crippen molar-refractivity contribution in [2.24, 2.45) is 5.92 Å². The Morgan fingerprint density at radius 3 is 2.89 bits per heavy atom. The molecule has 2 rings (SSSR count). The van der Waals surface area contributed by atoms with Crippen LogP contribution >= 0.6 is 15.9 Å². The average Bonchev–Trinajstić information content (AvgIpc) is 3.19. The summed E-state index contributed by atoms with van der Waals surface area (Å²) in [6, 6.07) is 5.23. The lowest BCUT2D eigenvalue weighted by Gasteiger charge is -2.15. The summed E-state index contributed by atoms with van der Waals surface area (Å²) in [6.45, 7) is 0.628. The molecule has 1 aliphatic carbocycles. The van der Waals surface area contributed by atoms with Crippen LogP contribution in [0.5, 0.6) is 5.75 Å².